The van der Waals surface area contributed by atoms with Gasteiger partial charge in [0.2, 0.25) is 5.91 Å². The minimum Gasteiger partial charge on any atom is -0.375 e. The number of nitrogens with zero attached hydrogens (tertiary/aromatic N) is 1. The van der Waals surface area contributed by atoms with E-state index in [4.69, 9.17) is 10.5 Å². The molecule has 1 aliphatic heterocycles. The van der Waals surface area contributed by atoms with Gasteiger partial charge in [-0.3, -0.25) is 4.79 Å². The van der Waals surface area contributed by atoms with Crippen molar-refractivity contribution in [2.45, 2.75) is 58.2 Å². The molecule has 3 unspecified atom stereocenters. The summed E-state index contributed by atoms with van der Waals surface area (Å²) < 4.78 is 5.50. The maximum Gasteiger partial charge on any atom is 0.239 e. The van der Waals surface area contributed by atoms with Crippen LogP contribution >= 0.6 is 0 Å². The molecular weight excluding hydrogens is 204 g/mol. The average molecular weight is 228 g/mol. The highest BCUT2D eigenvalue weighted by atomic mass is 16.5. The molecule has 94 valence electrons. The molecule has 1 rings (SSSR count). The standard InChI is InChI=1S/C12H24N2O2/c1-4-5-6-11(13)12(15)14-7-10(3)16-8-9(14)2/h9-11H,4-8,13H2,1-3H3. The lowest BCUT2D eigenvalue weighted by atomic mass is 10.1. The second-order valence-corrected chi connectivity index (χ2v) is 4.73. The fourth-order valence-electron chi connectivity index (χ4n) is 1.97. The number of carbonyl (C=O) groups is 1. The quantitative estimate of drug-likeness (QED) is 0.785. The molecular formula is C12H24N2O2. The van der Waals surface area contributed by atoms with E-state index in [0.29, 0.717) is 13.2 Å². The summed E-state index contributed by atoms with van der Waals surface area (Å²) in [5, 5.41) is 0. The smallest absolute Gasteiger partial charge is 0.239 e. The van der Waals surface area contributed by atoms with Crippen LogP contribution in [0.25, 0.3) is 0 Å². The molecule has 16 heavy (non-hydrogen) atoms. The van der Waals surface area contributed by atoms with Gasteiger partial charge in [-0.15, -0.1) is 0 Å². The Hall–Kier alpha value is -0.610. The lowest BCUT2D eigenvalue weighted by Gasteiger charge is -2.38. The monoisotopic (exact) mass is 228 g/mol. The van der Waals surface area contributed by atoms with E-state index in [2.05, 4.69) is 6.92 Å². The van der Waals surface area contributed by atoms with E-state index < -0.39 is 0 Å². The van der Waals surface area contributed by atoms with Crippen molar-refractivity contribution >= 4 is 5.91 Å². The second-order valence-electron chi connectivity index (χ2n) is 4.73. The summed E-state index contributed by atoms with van der Waals surface area (Å²) in [7, 11) is 0. The predicted octanol–water partition coefficient (Wildman–Crippen LogP) is 1.14. The van der Waals surface area contributed by atoms with Crippen LogP contribution in [-0.2, 0) is 9.53 Å². The maximum atomic E-state index is 12.1. The Labute approximate surface area is 98.1 Å². The predicted molar refractivity (Wildman–Crippen MR) is 64.1 cm³/mol. The number of amides is 1. The average Bonchev–Trinajstić information content (AvgIpc) is 2.28. The summed E-state index contributed by atoms with van der Waals surface area (Å²) in [5.74, 6) is 0.0797. The molecule has 0 aromatic carbocycles. The van der Waals surface area contributed by atoms with Crippen LogP contribution in [0.1, 0.15) is 40.0 Å². The molecule has 1 heterocycles. The van der Waals surface area contributed by atoms with Gasteiger partial charge in [-0.25, -0.2) is 0 Å². The molecule has 1 saturated heterocycles. The molecule has 0 aliphatic carbocycles. The third-order valence-electron chi connectivity index (χ3n) is 3.08. The molecule has 4 heteroatoms. The second kappa shape index (κ2) is 6.21. The molecule has 0 spiro atoms. The third kappa shape index (κ3) is 3.46. The van der Waals surface area contributed by atoms with Gasteiger partial charge in [-0.2, -0.15) is 0 Å². The van der Waals surface area contributed by atoms with Gasteiger partial charge in [-0.1, -0.05) is 19.8 Å². The normalized spacial score (nSPS) is 27.9. The zero-order chi connectivity index (χ0) is 12.1. The van der Waals surface area contributed by atoms with Gasteiger partial charge in [0.25, 0.3) is 0 Å². The van der Waals surface area contributed by atoms with Crippen molar-refractivity contribution in [2.75, 3.05) is 13.2 Å². The van der Waals surface area contributed by atoms with Crippen LogP contribution in [-0.4, -0.2) is 42.1 Å². The molecule has 1 amide bonds. The number of nitrogens with two attached hydrogens (primary N) is 1. The number of ether oxygens (including phenoxy) is 1. The molecule has 2 N–H and O–H groups in total. The van der Waals surface area contributed by atoms with Crippen LogP contribution in [0.5, 0.6) is 0 Å². The van der Waals surface area contributed by atoms with Crippen LogP contribution in [0, 0.1) is 0 Å². The molecule has 0 radical (unpaired) electrons. The van der Waals surface area contributed by atoms with Crippen molar-refractivity contribution in [2.24, 2.45) is 5.73 Å². The first-order valence-electron chi connectivity index (χ1n) is 6.24. The number of unbranched alkanes of at least 4 members (excludes halogenated alkanes) is 1. The van der Waals surface area contributed by atoms with Gasteiger partial charge >= 0.3 is 0 Å². The van der Waals surface area contributed by atoms with E-state index in [1.165, 1.54) is 0 Å². The molecule has 3 atom stereocenters. The molecule has 4 nitrogen and oxygen atoms in total. The SMILES string of the molecule is CCCCC(N)C(=O)N1CC(C)OCC1C. The Morgan fingerprint density at radius 2 is 2.25 bits per heavy atom. The highest BCUT2D eigenvalue weighted by Crippen LogP contribution is 2.13. The van der Waals surface area contributed by atoms with Crippen LogP contribution in [0.15, 0.2) is 0 Å². The Balaban J connectivity index is 2.50. The van der Waals surface area contributed by atoms with Crippen molar-refractivity contribution in [3.63, 3.8) is 0 Å². The third-order valence-corrected chi connectivity index (χ3v) is 3.08. The molecule has 1 aliphatic rings. The number of morpholine rings is 1. The fourth-order valence-corrected chi connectivity index (χ4v) is 1.97. The first-order chi connectivity index (χ1) is 7.56. The topological polar surface area (TPSA) is 55.6 Å². The minimum absolute atomic E-state index is 0.0797. The molecule has 0 saturated carbocycles. The highest BCUT2D eigenvalue weighted by molar-refractivity contribution is 5.82. The van der Waals surface area contributed by atoms with E-state index in [1.807, 2.05) is 18.7 Å². The van der Waals surface area contributed by atoms with Gasteiger partial charge in [0.1, 0.15) is 0 Å². The van der Waals surface area contributed by atoms with Gasteiger partial charge in [-0.05, 0) is 20.3 Å². The Kier molecular flexibility index (Phi) is 5.22. The fraction of sp³-hybridized carbons (Fsp3) is 0.917. The largest absolute Gasteiger partial charge is 0.375 e. The first-order valence-corrected chi connectivity index (χ1v) is 6.24. The van der Waals surface area contributed by atoms with Gasteiger partial charge in [0.05, 0.1) is 24.8 Å². The van der Waals surface area contributed by atoms with E-state index in [-0.39, 0.29) is 24.1 Å². The van der Waals surface area contributed by atoms with Crippen molar-refractivity contribution < 1.29 is 9.53 Å². The molecule has 0 aromatic rings. The maximum absolute atomic E-state index is 12.1. The molecule has 0 aromatic heterocycles. The molecule has 0 bridgehead atoms. The lowest BCUT2D eigenvalue weighted by molar-refractivity contribution is -0.144. The zero-order valence-electron chi connectivity index (χ0n) is 10.6. The Morgan fingerprint density at radius 3 is 2.88 bits per heavy atom. The number of carbonyl (C=O) groups excluding carboxylic acids is 1. The molecule has 1 fully saturated rings. The summed E-state index contributed by atoms with van der Waals surface area (Å²) in [6, 6.07) is -0.191. The summed E-state index contributed by atoms with van der Waals surface area (Å²) in [6.07, 6.45) is 3.00. The van der Waals surface area contributed by atoms with Crippen LogP contribution < -0.4 is 5.73 Å². The number of rotatable bonds is 4. The van der Waals surface area contributed by atoms with Gasteiger partial charge in [0.15, 0.2) is 0 Å². The first kappa shape index (κ1) is 13.5. The van der Waals surface area contributed by atoms with Crippen LogP contribution in [0.3, 0.4) is 0 Å². The van der Waals surface area contributed by atoms with E-state index in [0.717, 1.165) is 19.3 Å². The van der Waals surface area contributed by atoms with Gasteiger partial charge < -0.3 is 15.4 Å². The minimum atomic E-state index is -0.340. The van der Waals surface area contributed by atoms with Gasteiger partial charge in [0, 0.05) is 6.54 Å². The van der Waals surface area contributed by atoms with Crippen molar-refractivity contribution in [1.82, 2.24) is 4.90 Å². The number of hydrogen-bond acceptors (Lipinski definition) is 3. The summed E-state index contributed by atoms with van der Waals surface area (Å²) in [5.41, 5.74) is 5.91. The van der Waals surface area contributed by atoms with E-state index in [1.54, 1.807) is 0 Å². The van der Waals surface area contributed by atoms with Crippen LogP contribution in [0.4, 0.5) is 0 Å². The van der Waals surface area contributed by atoms with Crippen molar-refractivity contribution in [1.29, 1.82) is 0 Å². The summed E-state index contributed by atoms with van der Waals surface area (Å²) in [6.45, 7) is 7.39. The summed E-state index contributed by atoms with van der Waals surface area (Å²) in [4.78, 5) is 14.0. The summed E-state index contributed by atoms with van der Waals surface area (Å²) >= 11 is 0. The highest BCUT2D eigenvalue weighted by Gasteiger charge is 2.30. The lowest BCUT2D eigenvalue weighted by Crippen LogP contribution is -2.55. The van der Waals surface area contributed by atoms with Crippen LogP contribution in [0.2, 0.25) is 0 Å². The van der Waals surface area contributed by atoms with E-state index >= 15 is 0 Å². The van der Waals surface area contributed by atoms with Crippen molar-refractivity contribution in [3.8, 4) is 0 Å². The van der Waals surface area contributed by atoms with E-state index in [9.17, 15) is 4.79 Å². The Bertz CT molecular complexity index is 233. The van der Waals surface area contributed by atoms with Crippen molar-refractivity contribution in [3.05, 3.63) is 0 Å². The zero-order valence-corrected chi connectivity index (χ0v) is 10.6. The Morgan fingerprint density at radius 1 is 1.56 bits per heavy atom. The number of hydrogen-bond donors (Lipinski definition) is 1.